The number of amides is 2. The zero-order chi connectivity index (χ0) is 39.1. The first-order valence-electron chi connectivity index (χ1n) is 19.0. The first kappa shape index (κ1) is 39.8. The number of aliphatic hydroxyl groups is 1. The van der Waals surface area contributed by atoms with E-state index in [1.54, 1.807) is 48.8 Å². The number of aromatic nitrogens is 4. The van der Waals surface area contributed by atoms with Gasteiger partial charge >= 0.3 is 11.4 Å². The summed E-state index contributed by atoms with van der Waals surface area (Å²) in [6.45, 7) is 3.88. The molecule has 0 bridgehead atoms. The van der Waals surface area contributed by atoms with Gasteiger partial charge in [-0.25, -0.2) is 9.59 Å². The van der Waals surface area contributed by atoms with Gasteiger partial charge in [-0.15, -0.1) is 0 Å². The lowest BCUT2D eigenvalue weighted by Gasteiger charge is -2.31. The van der Waals surface area contributed by atoms with E-state index in [0.717, 1.165) is 49.8 Å². The molecule has 0 aliphatic heterocycles. The third-order valence-electron chi connectivity index (χ3n) is 10.7. The number of aryl methyl sites for hydroxylation is 2. The summed E-state index contributed by atoms with van der Waals surface area (Å²) >= 11 is 12.5. The molecule has 13 heteroatoms. The predicted molar refractivity (Wildman–Crippen MR) is 216 cm³/mol. The average molecular weight is 788 g/mol. The second-order valence-electron chi connectivity index (χ2n) is 14.7. The maximum absolute atomic E-state index is 13.3. The Hall–Kier alpha value is -4.84. The Kier molecular flexibility index (Phi) is 13.2. The quantitative estimate of drug-likeness (QED) is 0.0961. The number of H-pyrrole nitrogens is 2. The standard InChI is InChI=1S/C25H28ClN3O2.C17H20ClN3O3/c1-16-8-10-19(11-9-16)23(18-6-4-3-5-7-18)28-24(30)21-14-20(12-13-22(21)26)29-15-17(2)27-25(29)31;18-14-7-6-12(21-9-8-19-17(21)24)10-13(14)16(23)20-15(22)11-4-2-1-3-5-11/h8-15,18,23H,3-7H2,1-2H3,(H,27,31)(H,28,30);6-11,15,22H,1-5H2,(H,19,24)(H,20,23). The fourth-order valence-corrected chi connectivity index (χ4v) is 8.02. The molecule has 2 fully saturated rings. The van der Waals surface area contributed by atoms with E-state index in [2.05, 4.69) is 51.8 Å². The van der Waals surface area contributed by atoms with Gasteiger partial charge in [0.15, 0.2) is 0 Å². The number of carbonyl (C=O) groups is 2. The highest BCUT2D eigenvalue weighted by Crippen LogP contribution is 2.35. The third kappa shape index (κ3) is 9.89. The highest BCUT2D eigenvalue weighted by molar-refractivity contribution is 6.34. The number of nitrogens with one attached hydrogen (secondary N) is 4. The van der Waals surface area contributed by atoms with Gasteiger partial charge in [-0.2, -0.15) is 0 Å². The summed E-state index contributed by atoms with van der Waals surface area (Å²) in [5.41, 5.74) is 4.27. The summed E-state index contributed by atoms with van der Waals surface area (Å²) in [5.74, 6) is -0.180. The van der Waals surface area contributed by atoms with Crippen LogP contribution in [0.3, 0.4) is 0 Å². The molecular weight excluding hydrogens is 739 g/mol. The first-order valence-corrected chi connectivity index (χ1v) is 19.7. The maximum atomic E-state index is 13.3. The number of hydrogen-bond acceptors (Lipinski definition) is 5. The number of rotatable bonds is 9. The van der Waals surface area contributed by atoms with Gasteiger partial charge in [-0.05, 0) is 87.4 Å². The van der Waals surface area contributed by atoms with Crippen molar-refractivity contribution < 1.29 is 14.7 Å². The van der Waals surface area contributed by atoms with Crippen LogP contribution in [-0.4, -0.2) is 42.3 Å². The zero-order valence-electron chi connectivity index (χ0n) is 31.1. The Labute approximate surface area is 330 Å². The van der Waals surface area contributed by atoms with Crippen molar-refractivity contribution in [3.8, 4) is 11.4 Å². The Morgan fingerprint density at radius 2 is 1.27 bits per heavy atom. The molecule has 2 heterocycles. The summed E-state index contributed by atoms with van der Waals surface area (Å²) in [7, 11) is 0. The topological polar surface area (TPSA) is 154 Å². The van der Waals surface area contributed by atoms with Gasteiger partial charge in [0, 0.05) is 30.2 Å². The SMILES string of the molecule is Cc1ccc(C(NC(=O)c2cc(-n3cc(C)[nH]c3=O)ccc2Cl)C2CCCCC2)cc1.O=C(NC(O)C1CCCCC1)c1cc(-n2cc[nH]c2=O)ccc1Cl. The molecule has 2 aliphatic carbocycles. The minimum atomic E-state index is -0.882. The van der Waals surface area contributed by atoms with E-state index in [0.29, 0.717) is 27.9 Å². The number of aliphatic hydroxyl groups excluding tert-OH is 1. The van der Waals surface area contributed by atoms with Crippen LogP contribution in [0.25, 0.3) is 11.4 Å². The molecule has 0 radical (unpaired) electrons. The molecule has 11 nitrogen and oxygen atoms in total. The summed E-state index contributed by atoms with van der Waals surface area (Å²) in [6.07, 6.45) is 14.9. The van der Waals surface area contributed by atoms with E-state index in [4.69, 9.17) is 23.2 Å². The lowest BCUT2D eigenvalue weighted by Crippen LogP contribution is -2.41. The molecule has 7 rings (SSSR count). The molecule has 290 valence electrons. The molecule has 0 spiro atoms. The second-order valence-corrected chi connectivity index (χ2v) is 15.5. The smallest absolute Gasteiger partial charge is 0.330 e. The Morgan fingerprint density at radius 1 is 0.727 bits per heavy atom. The Bertz CT molecular complexity index is 2210. The molecule has 55 heavy (non-hydrogen) atoms. The summed E-state index contributed by atoms with van der Waals surface area (Å²) in [6, 6.07) is 18.2. The molecule has 2 aliphatic rings. The van der Waals surface area contributed by atoms with Gasteiger partial charge < -0.3 is 25.7 Å². The van der Waals surface area contributed by atoms with Crippen LogP contribution in [0.5, 0.6) is 0 Å². The van der Waals surface area contributed by atoms with Crippen molar-refractivity contribution >= 4 is 35.0 Å². The van der Waals surface area contributed by atoms with Crippen LogP contribution in [0.4, 0.5) is 0 Å². The molecular formula is C42H48Cl2N6O5. The van der Waals surface area contributed by atoms with Crippen molar-refractivity contribution in [3.05, 3.63) is 138 Å². The van der Waals surface area contributed by atoms with Crippen LogP contribution in [-0.2, 0) is 0 Å². The van der Waals surface area contributed by atoms with E-state index in [1.807, 2.05) is 6.92 Å². The highest BCUT2D eigenvalue weighted by Gasteiger charge is 2.28. The van der Waals surface area contributed by atoms with Crippen LogP contribution in [0.2, 0.25) is 10.0 Å². The highest BCUT2D eigenvalue weighted by atomic mass is 35.5. The van der Waals surface area contributed by atoms with Crippen molar-refractivity contribution in [2.75, 3.05) is 0 Å². The van der Waals surface area contributed by atoms with Crippen LogP contribution in [0.1, 0.15) is 108 Å². The fourth-order valence-electron chi connectivity index (χ4n) is 7.62. The summed E-state index contributed by atoms with van der Waals surface area (Å²) in [5, 5.41) is 16.8. The lowest BCUT2D eigenvalue weighted by atomic mass is 9.81. The van der Waals surface area contributed by atoms with Crippen LogP contribution in [0, 0.1) is 25.7 Å². The number of nitrogens with zero attached hydrogens (tertiary/aromatic N) is 2. The van der Waals surface area contributed by atoms with Crippen LogP contribution in [0.15, 0.2) is 88.8 Å². The summed E-state index contributed by atoms with van der Waals surface area (Å²) in [4.78, 5) is 55.0. The molecule has 3 aromatic carbocycles. The molecule has 2 amide bonds. The molecule has 2 unspecified atom stereocenters. The van der Waals surface area contributed by atoms with E-state index in [-0.39, 0.29) is 39.8 Å². The maximum Gasteiger partial charge on any atom is 0.330 e. The number of imidazole rings is 2. The van der Waals surface area contributed by atoms with Gasteiger partial charge in [0.1, 0.15) is 6.23 Å². The average Bonchev–Trinajstić information content (AvgIpc) is 3.78. The van der Waals surface area contributed by atoms with E-state index in [9.17, 15) is 24.3 Å². The van der Waals surface area contributed by atoms with Crippen molar-refractivity contribution in [3.63, 3.8) is 0 Å². The molecule has 0 saturated heterocycles. The number of benzene rings is 3. The lowest BCUT2D eigenvalue weighted by molar-refractivity contribution is 0.0463. The number of aromatic amines is 2. The second kappa shape index (κ2) is 18.2. The van der Waals surface area contributed by atoms with Gasteiger partial charge in [-0.1, -0.05) is 91.6 Å². The minimum Gasteiger partial charge on any atom is -0.373 e. The molecule has 5 aromatic rings. The normalized spacial score (nSPS) is 16.1. The van der Waals surface area contributed by atoms with Crippen LogP contribution < -0.4 is 22.0 Å². The van der Waals surface area contributed by atoms with Crippen molar-refractivity contribution in [1.29, 1.82) is 0 Å². The summed E-state index contributed by atoms with van der Waals surface area (Å²) < 4.78 is 2.87. The number of hydrogen-bond donors (Lipinski definition) is 5. The van der Waals surface area contributed by atoms with Gasteiger partial charge in [0.05, 0.1) is 38.6 Å². The molecule has 2 saturated carbocycles. The fraction of sp³-hybridized carbons (Fsp3) is 0.381. The molecule has 2 atom stereocenters. The predicted octanol–water partition coefficient (Wildman–Crippen LogP) is 7.93. The van der Waals surface area contributed by atoms with Crippen molar-refractivity contribution in [1.82, 2.24) is 29.7 Å². The number of carbonyl (C=O) groups excluding carboxylic acids is 2. The van der Waals surface area contributed by atoms with Gasteiger partial charge in [0.2, 0.25) is 0 Å². The minimum absolute atomic E-state index is 0.0645. The largest absolute Gasteiger partial charge is 0.373 e. The van der Waals surface area contributed by atoms with E-state index >= 15 is 0 Å². The molecule has 5 N–H and O–H groups in total. The zero-order valence-corrected chi connectivity index (χ0v) is 32.6. The first-order chi connectivity index (χ1) is 26.5. The van der Waals surface area contributed by atoms with E-state index in [1.165, 1.54) is 46.6 Å². The Morgan fingerprint density at radius 3 is 1.80 bits per heavy atom. The Balaban J connectivity index is 0.000000193. The van der Waals surface area contributed by atoms with Gasteiger partial charge in [0.25, 0.3) is 11.8 Å². The van der Waals surface area contributed by atoms with Crippen LogP contribution >= 0.6 is 23.2 Å². The molecule has 2 aromatic heterocycles. The van der Waals surface area contributed by atoms with Crippen molar-refractivity contribution in [2.45, 2.75) is 90.3 Å². The number of halogens is 2. The van der Waals surface area contributed by atoms with Gasteiger partial charge in [-0.3, -0.25) is 18.7 Å². The third-order valence-corrected chi connectivity index (χ3v) is 11.3. The monoisotopic (exact) mass is 786 g/mol. The van der Waals surface area contributed by atoms with E-state index < -0.39 is 12.1 Å². The van der Waals surface area contributed by atoms with Crippen molar-refractivity contribution in [2.24, 2.45) is 11.8 Å².